The maximum Gasteiger partial charge on any atom is 0.251 e. The smallest absolute Gasteiger partial charge is 0.251 e. The summed E-state index contributed by atoms with van der Waals surface area (Å²) in [5.74, 6) is -0.644. The molecule has 0 spiro atoms. The summed E-state index contributed by atoms with van der Waals surface area (Å²) in [6.45, 7) is 5.50. The molecule has 0 aliphatic carbocycles. The van der Waals surface area contributed by atoms with Crippen molar-refractivity contribution < 1.29 is 9.59 Å². The summed E-state index contributed by atoms with van der Waals surface area (Å²) in [6.07, 6.45) is 0. The average molecular weight is 284 g/mol. The van der Waals surface area contributed by atoms with E-state index in [-0.39, 0.29) is 18.0 Å². The lowest BCUT2D eigenvalue weighted by molar-refractivity contribution is -0.121. The zero-order chi connectivity index (χ0) is 14.6. The predicted molar refractivity (Wildman–Crippen MR) is 76.1 cm³/mol. The van der Waals surface area contributed by atoms with Crippen LogP contribution in [0.4, 0.5) is 5.69 Å². The van der Waals surface area contributed by atoms with Crippen LogP contribution >= 0.6 is 11.6 Å². The number of nitrogens with one attached hydrogen (secondary N) is 2. The van der Waals surface area contributed by atoms with Crippen molar-refractivity contribution in [2.24, 2.45) is 0 Å². The van der Waals surface area contributed by atoms with Gasteiger partial charge in [0.2, 0.25) is 5.91 Å². The number of halogens is 1. The molecule has 0 aliphatic heterocycles. The molecule has 0 aliphatic rings. The molecule has 1 aromatic rings. The number of anilines is 1. The minimum Gasteiger partial charge on any atom is -0.399 e. The van der Waals surface area contributed by atoms with Gasteiger partial charge in [0.15, 0.2) is 0 Å². The fourth-order valence-corrected chi connectivity index (χ4v) is 1.71. The minimum absolute atomic E-state index is 0.0947. The molecule has 4 N–H and O–H groups in total. The molecule has 0 radical (unpaired) electrons. The van der Waals surface area contributed by atoms with Gasteiger partial charge in [-0.2, -0.15) is 0 Å². The van der Waals surface area contributed by atoms with Crippen LogP contribution in [0, 0.1) is 0 Å². The van der Waals surface area contributed by atoms with Gasteiger partial charge in [-0.05, 0) is 39.0 Å². The molecule has 6 heteroatoms. The van der Waals surface area contributed by atoms with Crippen molar-refractivity contribution in [2.75, 3.05) is 12.3 Å². The molecule has 5 nitrogen and oxygen atoms in total. The Morgan fingerprint density at radius 1 is 1.26 bits per heavy atom. The van der Waals surface area contributed by atoms with Crippen LogP contribution in [0.25, 0.3) is 0 Å². The lowest BCUT2D eigenvalue weighted by atomic mass is 10.1. The largest absolute Gasteiger partial charge is 0.399 e. The quantitative estimate of drug-likeness (QED) is 0.736. The average Bonchev–Trinajstić information content (AvgIpc) is 2.22. The van der Waals surface area contributed by atoms with Gasteiger partial charge in [-0.15, -0.1) is 0 Å². The summed E-state index contributed by atoms with van der Waals surface area (Å²) >= 11 is 5.80. The lowest BCUT2D eigenvalue weighted by Gasteiger charge is -2.20. The van der Waals surface area contributed by atoms with Gasteiger partial charge in [-0.1, -0.05) is 11.6 Å². The Morgan fingerprint density at radius 2 is 1.89 bits per heavy atom. The van der Waals surface area contributed by atoms with E-state index in [1.54, 1.807) is 6.07 Å². The summed E-state index contributed by atoms with van der Waals surface area (Å²) in [4.78, 5) is 23.4. The van der Waals surface area contributed by atoms with Crippen molar-refractivity contribution in [2.45, 2.75) is 26.3 Å². The van der Waals surface area contributed by atoms with Crippen LogP contribution < -0.4 is 16.4 Å². The molecule has 1 rings (SSSR count). The van der Waals surface area contributed by atoms with Crippen molar-refractivity contribution in [3.05, 3.63) is 28.8 Å². The Kier molecular flexibility index (Phi) is 4.78. The predicted octanol–water partition coefficient (Wildman–Crippen LogP) is 1.57. The van der Waals surface area contributed by atoms with Crippen LogP contribution in [-0.2, 0) is 4.79 Å². The zero-order valence-electron chi connectivity index (χ0n) is 11.2. The number of carbonyl (C=O) groups is 2. The fourth-order valence-electron chi connectivity index (χ4n) is 1.47. The lowest BCUT2D eigenvalue weighted by Crippen LogP contribution is -2.45. The number of hydrogen-bond acceptors (Lipinski definition) is 3. The van der Waals surface area contributed by atoms with Gasteiger partial charge in [0.25, 0.3) is 5.91 Å². The number of nitrogen functional groups attached to an aromatic ring is 1. The van der Waals surface area contributed by atoms with Gasteiger partial charge in [-0.3, -0.25) is 9.59 Å². The van der Waals surface area contributed by atoms with Crippen molar-refractivity contribution >= 4 is 29.1 Å². The van der Waals surface area contributed by atoms with E-state index in [0.717, 1.165) is 0 Å². The second-order valence-corrected chi connectivity index (χ2v) is 5.69. The Bertz CT molecular complexity index is 475. The highest BCUT2D eigenvalue weighted by Crippen LogP contribution is 2.16. The number of benzene rings is 1. The molecular formula is C13H18ClN3O2. The second-order valence-electron chi connectivity index (χ2n) is 5.25. The molecule has 0 aromatic heterocycles. The molecule has 0 saturated carbocycles. The maximum atomic E-state index is 11.8. The second kappa shape index (κ2) is 5.93. The first-order valence-corrected chi connectivity index (χ1v) is 6.20. The third-order valence-corrected chi connectivity index (χ3v) is 2.32. The minimum atomic E-state index is -0.391. The fraction of sp³-hybridized carbons (Fsp3) is 0.385. The highest BCUT2D eigenvalue weighted by molar-refractivity contribution is 6.31. The Morgan fingerprint density at radius 3 is 2.42 bits per heavy atom. The van der Waals surface area contributed by atoms with Gasteiger partial charge in [-0.25, -0.2) is 0 Å². The van der Waals surface area contributed by atoms with E-state index in [1.165, 1.54) is 12.1 Å². The first kappa shape index (κ1) is 15.3. The van der Waals surface area contributed by atoms with E-state index in [0.29, 0.717) is 16.3 Å². The van der Waals surface area contributed by atoms with E-state index >= 15 is 0 Å². The summed E-state index contributed by atoms with van der Waals surface area (Å²) in [5.41, 5.74) is 5.99. The standard InChI is InChI=1S/C13H18ClN3O2/c1-13(2,3)17-11(18)7-16-12(19)8-4-9(14)6-10(15)5-8/h4-6H,7,15H2,1-3H3,(H,16,19)(H,17,18). The highest BCUT2D eigenvalue weighted by atomic mass is 35.5. The van der Waals surface area contributed by atoms with Crippen molar-refractivity contribution in [3.8, 4) is 0 Å². The van der Waals surface area contributed by atoms with Crippen LogP contribution in [0.3, 0.4) is 0 Å². The summed E-state index contributed by atoms with van der Waals surface area (Å²) in [6, 6.07) is 4.54. The van der Waals surface area contributed by atoms with E-state index < -0.39 is 5.91 Å². The Balaban J connectivity index is 2.58. The van der Waals surface area contributed by atoms with Crippen LogP contribution in [0.15, 0.2) is 18.2 Å². The van der Waals surface area contributed by atoms with Crippen LogP contribution in [-0.4, -0.2) is 23.9 Å². The topological polar surface area (TPSA) is 84.2 Å². The first-order chi connectivity index (χ1) is 8.67. The molecule has 0 bridgehead atoms. The third-order valence-electron chi connectivity index (χ3n) is 2.11. The number of amides is 2. The van der Waals surface area contributed by atoms with E-state index in [1.807, 2.05) is 20.8 Å². The van der Waals surface area contributed by atoms with Crippen LogP contribution in [0.1, 0.15) is 31.1 Å². The molecule has 19 heavy (non-hydrogen) atoms. The molecule has 0 atom stereocenters. The van der Waals surface area contributed by atoms with E-state index in [4.69, 9.17) is 17.3 Å². The Labute approximate surface area is 117 Å². The van der Waals surface area contributed by atoms with Crippen molar-refractivity contribution in [3.63, 3.8) is 0 Å². The van der Waals surface area contributed by atoms with Gasteiger partial charge in [0.05, 0.1) is 6.54 Å². The summed E-state index contributed by atoms with van der Waals surface area (Å²) in [5, 5.41) is 5.63. The van der Waals surface area contributed by atoms with Crippen LogP contribution in [0.5, 0.6) is 0 Å². The molecule has 0 saturated heterocycles. The monoisotopic (exact) mass is 283 g/mol. The number of rotatable bonds is 3. The Hall–Kier alpha value is -1.75. The number of nitrogens with two attached hydrogens (primary N) is 1. The summed E-state index contributed by atoms with van der Waals surface area (Å²) in [7, 11) is 0. The number of carbonyl (C=O) groups excluding carboxylic acids is 2. The molecule has 0 heterocycles. The van der Waals surface area contributed by atoms with Gasteiger partial charge in [0, 0.05) is 21.8 Å². The third kappa shape index (κ3) is 5.61. The molecular weight excluding hydrogens is 266 g/mol. The van der Waals surface area contributed by atoms with Gasteiger partial charge >= 0.3 is 0 Å². The van der Waals surface area contributed by atoms with Crippen LogP contribution in [0.2, 0.25) is 5.02 Å². The molecule has 0 unspecified atom stereocenters. The zero-order valence-corrected chi connectivity index (χ0v) is 12.0. The van der Waals surface area contributed by atoms with Gasteiger partial charge < -0.3 is 16.4 Å². The number of hydrogen-bond donors (Lipinski definition) is 3. The first-order valence-electron chi connectivity index (χ1n) is 5.83. The van der Waals surface area contributed by atoms with E-state index in [2.05, 4.69) is 10.6 Å². The molecule has 2 amide bonds. The molecule has 104 valence electrons. The normalized spacial score (nSPS) is 10.9. The molecule has 0 fully saturated rings. The SMILES string of the molecule is CC(C)(C)NC(=O)CNC(=O)c1cc(N)cc(Cl)c1. The van der Waals surface area contributed by atoms with Crippen molar-refractivity contribution in [1.82, 2.24) is 10.6 Å². The van der Waals surface area contributed by atoms with Gasteiger partial charge in [0.1, 0.15) is 0 Å². The molecule has 1 aromatic carbocycles. The van der Waals surface area contributed by atoms with Crippen molar-refractivity contribution in [1.29, 1.82) is 0 Å². The highest BCUT2D eigenvalue weighted by Gasteiger charge is 2.15. The van der Waals surface area contributed by atoms with E-state index in [9.17, 15) is 9.59 Å². The maximum absolute atomic E-state index is 11.8. The summed E-state index contributed by atoms with van der Waals surface area (Å²) < 4.78 is 0.